The van der Waals surface area contributed by atoms with Crippen molar-refractivity contribution in [2.75, 3.05) is 6.61 Å². The van der Waals surface area contributed by atoms with Gasteiger partial charge >= 0.3 is 5.97 Å². The van der Waals surface area contributed by atoms with E-state index in [1.165, 1.54) is 77.0 Å². The minimum Gasteiger partial charge on any atom is -0.462 e. The average molecular weight is 339 g/mol. The van der Waals surface area contributed by atoms with E-state index < -0.39 is 0 Å². The summed E-state index contributed by atoms with van der Waals surface area (Å²) in [6, 6.07) is 0. The normalized spacial score (nSPS) is 11.7. The van der Waals surface area contributed by atoms with Gasteiger partial charge in [0.25, 0.3) is 0 Å². The van der Waals surface area contributed by atoms with Gasteiger partial charge in [-0.15, -0.1) is 0 Å². The molecule has 0 aliphatic heterocycles. The molecule has 0 fully saturated rings. The van der Waals surface area contributed by atoms with Gasteiger partial charge in [0.2, 0.25) is 0 Å². The Balaban J connectivity index is 3.43. The van der Waals surface area contributed by atoms with E-state index in [-0.39, 0.29) is 5.97 Å². The van der Waals surface area contributed by atoms with Gasteiger partial charge in [-0.1, -0.05) is 97.0 Å². The van der Waals surface area contributed by atoms with Gasteiger partial charge in [-0.2, -0.15) is 0 Å². The fourth-order valence-corrected chi connectivity index (χ4v) is 2.84. The number of hydrogen-bond donors (Lipinski definition) is 0. The maximum absolute atomic E-state index is 11.8. The highest BCUT2D eigenvalue weighted by atomic mass is 16.5. The Morgan fingerprint density at radius 2 is 1.17 bits per heavy atom. The number of ether oxygens (including phenoxy) is 1. The van der Waals surface area contributed by atoms with Crippen molar-refractivity contribution in [3.05, 3.63) is 11.6 Å². The zero-order chi connectivity index (χ0) is 17.9. The van der Waals surface area contributed by atoms with Crippen molar-refractivity contribution in [2.45, 2.75) is 117 Å². The molecule has 0 aromatic heterocycles. The first kappa shape index (κ1) is 23.2. The first-order valence-electron chi connectivity index (χ1n) is 10.6. The minimum absolute atomic E-state index is 0.126. The lowest BCUT2D eigenvalue weighted by Gasteiger charge is -2.05. The Kier molecular flexibility index (Phi) is 17.9. The van der Waals surface area contributed by atoms with Crippen LogP contribution < -0.4 is 0 Å². The molecule has 142 valence electrons. The third-order valence-electron chi connectivity index (χ3n) is 4.56. The SMILES string of the molecule is CCCCCCCCCCCCC=C(C)C(=O)OCCCCCC. The molecule has 0 rings (SSSR count). The predicted molar refractivity (Wildman–Crippen MR) is 105 cm³/mol. The van der Waals surface area contributed by atoms with Crippen molar-refractivity contribution in [2.24, 2.45) is 0 Å². The van der Waals surface area contributed by atoms with Gasteiger partial charge in [-0.05, 0) is 26.2 Å². The summed E-state index contributed by atoms with van der Waals surface area (Å²) in [5, 5.41) is 0. The van der Waals surface area contributed by atoms with E-state index in [9.17, 15) is 4.79 Å². The second kappa shape index (κ2) is 18.5. The number of hydrogen-bond acceptors (Lipinski definition) is 2. The smallest absolute Gasteiger partial charge is 0.333 e. The standard InChI is InChI=1S/C22H42O2/c1-4-6-8-10-11-12-13-14-15-16-17-19-21(3)22(23)24-20-18-9-7-5-2/h19H,4-18,20H2,1-3H3. The van der Waals surface area contributed by atoms with E-state index in [4.69, 9.17) is 4.74 Å². The molecule has 0 aliphatic rings. The number of allylic oxidation sites excluding steroid dienone is 1. The largest absolute Gasteiger partial charge is 0.462 e. The molecule has 0 aliphatic carbocycles. The van der Waals surface area contributed by atoms with Crippen molar-refractivity contribution >= 4 is 5.97 Å². The minimum atomic E-state index is -0.126. The summed E-state index contributed by atoms with van der Waals surface area (Å²) in [4.78, 5) is 11.8. The van der Waals surface area contributed by atoms with Crippen LogP contribution in [0, 0.1) is 0 Å². The number of rotatable bonds is 17. The van der Waals surface area contributed by atoms with E-state index in [1.807, 2.05) is 6.92 Å². The Morgan fingerprint density at radius 3 is 1.71 bits per heavy atom. The van der Waals surface area contributed by atoms with Gasteiger partial charge in [0.15, 0.2) is 0 Å². The lowest BCUT2D eigenvalue weighted by Crippen LogP contribution is -2.07. The molecule has 0 amide bonds. The van der Waals surface area contributed by atoms with Crippen LogP contribution in [0.2, 0.25) is 0 Å². The van der Waals surface area contributed by atoms with Crippen molar-refractivity contribution < 1.29 is 9.53 Å². The molecule has 0 aromatic carbocycles. The molecule has 0 atom stereocenters. The molecule has 0 bridgehead atoms. The summed E-state index contributed by atoms with van der Waals surface area (Å²) >= 11 is 0. The van der Waals surface area contributed by atoms with Crippen molar-refractivity contribution in [3.8, 4) is 0 Å². The van der Waals surface area contributed by atoms with E-state index in [0.717, 1.165) is 24.8 Å². The molecule has 0 spiro atoms. The van der Waals surface area contributed by atoms with Crippen LogP contribution in [0.5, 0.6) is 0 Å². The summed E-state index contributed by atoms with van der Waals surface area (Å²) < 4.78 is 5.29. The topological polar surface area (TPSA) is 26.3 Å². The van der Waals surface area contributed by atoms with Gasteiger partial charge in [0.1, 0.15) is 0 Å². The monoisotopic (exact) mass is 338 g/mol. The second-order valence-electron chi connectivity index (χ2n) is 7.05. The molecule has 0 aromatic rings. The van der Waals surface area contributed by atoms with Crippen LogP contribution in [-0.4, -0.2) is 12.6 Å². The van der Waals surface area contributed by atoms with Gasteiger partial charge in [-0.3, -0.25) is 0 Å². The number of unbranched alkanes of at least 4 members (excludes halogenated alkanes) is 13. The molecule has 0 unspecified atom stereocenters. The van der Waals surface area contributed by atoms with E-state index in [2.05, 4.69) is 19.9 Å². The van der Waals surface area contributed by atoms with Crippen LogP contribution >= 0.6 is 0 Å². The maximum Gasteiger partial charge on any atom is 0.333 e. The highest BCUT2D eigenvalue weighted by Crippen LogP contribution is 2.12. The van der Waals surface area contributed by atoms with Gasteiger partial charge < -0.3 is 4.74 Å². The van der Waals surface area contributed by atoms with Gasteiger partial charge in [0, 0.05) is 5.57 Å². The molecule has 0 N–H and O–H groups in total. The third kappa shape index (κ3) is 16.1. The molecular formula is C22H42O2. The molecule has 0 heterocycles. The average Bonchev–Trinajstić information content (AvgIpc) is 2.59. The third-order valence-corrected chi connectivity index (χ3v) is 4.56. The molecule has 24 heavy (non-hydrogen) atoms. The molecule has 2 nitrogen and oxygen atoms in total. The zero-order valence-electron chi connectivity index (χ0n) is 16.7. The fourth-order valence-electron chi connectivity index (χ4n) is 2.84. The molecule has 2 heteroatoms. The van der Waals surface area contributed by atoms with E-state index in [1.54, 1.807) is 0 Å². The Morgan fingerprint density at radius 1 is 0.708 bits per heavy atom. The van der Waals surface area contributed by atoms with Crippen molar-refractivity contribution in [3.63, 3.8) is 0 Å². The summed E-state index contributed by atoms with van der Waals surface area (Å²) in [6.07, 6.45) is 21.2. The quantitative estimate of drug-likeness (QED) is 0.157. The van der Waals surface area contributed by atoms with E-state index in [0.29, 0.717) is 6.61 Å². The first-order valence-corrected chi connectivity index (χ1v) is 10.6. The first-order chi connectivity index (χ1) is 11.7. The summed E-state index contributed by atoms with van der Waals surface area (Å²) in [6.45, 7) is 6.91. The fraction of sp³-hybridized carbons (Fsp3) is 0.864. The highest BCUT2D eigenvalue weighted by molar-refractivity contribution is 5.87. The van der Waals surface area contributed by atoms with Crippen LogP contribution in [-0.2, 0) is 9.53 Å². The van der Waals surface area contributed by atoms with E-state index >= 15 is 0 Å². The van der Waals surface area contributed by atoms with Crippen LogP contribution in [0.25, 0.3) is 0 Å². The van der Waals surface area contributed by atoms with Crippen LogP contribution in [0.3, 0.4) is 0 Å². The Bertz CT molecular complexity index is 307. The van der Waals surface area contributed by atoms with Crippen LogP contribution in [0.4, 0.5) is 0 Å². The Hall–Kier alpha value is -0.790. The number of esters is 1. The summed E-state index contributed by atoms with van der Waals surface area (Å²) in [5.74, 6) is -0.126. The molecule has 0 radical (unpaired) electrons. The predicted octanol–water partition coefficient (Wildman–Crippen LogP) is 7.37. The van der Waals surface area contributed by atoms with Gasteiger partial charge in [-0.25, -0.2) is 4.79 Å². The maximum atomic E-state index is 11.8. The Labute approximate surface area is 151 Å². The van der Waals surface area contributed by atoms with Crippen molar-refractivity contribution in [1.82, 2.24) is 0 Å². The van der Waals surface area contributed by atoms with Crippen LogP contribution in [0.15, 0.2) is 11.6 Å². The zero-order valence-corrected chi connectivity index (χ0v) is 16.7. The van der Waals surface area contributed by atoms with Crippen molar-refractivity contribution in [1.29, 1.82) is 0 Å². The number of carbonyl (C=O) groups excluding carboxylic acids is 1. The lowest BCUT2D eigenvalue weighted by molar-refractivity contribution is -0.139. The summed E-state index contributed by atoms with van der Waals surface area (Å²) in [5.41, 5.74) is 0.779. The molecular weight excluding hydrogens is 296 g/mol. The lowest BCUT2D eigenvalue weighted by atomic mass is 10.1. The molecule has 0 saturated heterocycles. The molecule has 0 saturated carbocycles. The second-order valence-corrected chi connectivity index (χ2v) is 7.05. The van der Waals surface area contributed by atoms with Gasteiger partial charge in [0.05, 0.1) is 6.61 Å². The highest BCUT2D eigenvalue weighted by Gasteiger charge is 2.04. The summed E-state index contributed by atoms with van der Waals surface area (Å²) in [7, 11) is 0. The van der Waals surface area contributed by atoms with Crippen LogP contribution in [0.1, 0.15) is 117 Å². The number of carbonyl (C=O) groups is 1.